The molecule has 0 saturated carbocycles. The maximum Gasteiger partial charge on any atom is 0.472 e. The summed E-state index contributed by atoms with van der Waals surface area (Å²) in [7, 11) is -4.86. The van der Waals surface area contributed by atoms with Gasteiger partial charge in [-0.3, -0.25) is 28.0 Å². The Morgan fingerprint density at radius 1 is 0.930 bits per heavy atom. The van der Waals surface area contributed by atoms with E-state index in [0.717, 1.165) is 0 Å². The van der Waals surface area contributed by atoms with Gasteiger partial charge in [-0.05, 0) is 12.8 Å². The van der Waals surface area contributed by atoms with Crippen molar-refractivity contribution in [2.24, 2.45) is 5.92 Å². The van der Waals surface area contributed by atoms with Crippen LogP contribution in [0.25, 0.3) is 22.3 Å². The smallest absolute Gasteiger partial charge is 0.388 e. The Kier molecular flexibility index (Phi) is 6.63. The summed E-state index contributed by atoms with van der Waals surface area (Å²) in [6.45, 7) is -0.433. The second kappa shape index (κ2) is 10.2. The van der Waals surface area contributed by atoms with E-state index < -0.39 is 68.9 Å². The lowest BCUT2D eigenvalue weighted by molar-refractivity contribution is -0.0568. The van der Waals surface area contributed by atoms with Crippen molar-refractivity contribution in [3.63, 3.8) is 0 Å². The number of hydrogen-bond donors (Lipinski definition) is 7. The van der Waals surface area contributed by atoms with Crippen LogP contribution in [0, 0.1) is 5.92 Å². The third-order valence-electron chi connectivity index (χ3n) is 7.98. The minimum absolute atomic E-state index is 0.0311. The number of nitrogen functional groups attached to an aromatic ring is 3. The van der Waals surface area contributed by atoms with E-state index in [1.165, 1.54) is 21.8 Å². The van der Waals surface area contributed by atoms with Gasteiger partial charge in [0.2, 0.25) is 11.9 Å². The van der Waals surface area contributed by atoms with Crippen LogP contribution in [0.2, 0.25) is 0 Å². The van der Waals surface area contributed by atoms with Crippen LogP contribution < -0.4 is 22.8 Å². The molecule has 21 heteroatoms. The van der Waals surface area contributed by atoms with E-state index in [9.17, 15) is 24.5 Å². The van der Waals surface area contributed by atoms with E-state index in [2.05, 4.69) is 29.9 Å². The normalized spacial score (nSPS) is 35.1. The molecule has 0 aromatic carbocycles. The third kappa shape index (κ3) is 4.71. The molecule has 7 heterocycles. The number of ether oxygens (including phenoxy) is 2. The average molecular weight is 622 g/mol. The number of rotatable bonds is 2. The SMILES string of the molecule is Nc1nc(N)c2ncn([C@@H]3O[C@@H]4COP(=O)(O)O[C@@H]5[C@H](O)[C@@H](CCC[C@H]4[C@H]3O)O[C@H]5n3cnc4c(=O)[nH]c(N)nc43)c2n1. The summed E-state index contributed by atoms with van der Waals surface area (Å²) in [5.41, 5.74) is 17.3. The molecule has 0 radical (unpaired) electrons. The molecular weight excluding hydrogens is 593 g/mol. The predicted octanol–water partition coefficient (Wildman–Crippen LogP) is -1.47. The Bertz CT molecular complexity index is 1810. The first-order valence-electron chi connectivity index (χ1n) is 13.3. The molecule has 20 nitrogen and oxygen atoms in total. The van der Waals surface area contributed by atoms with Crippen LogP contribution in [0.1, 0.15) is 31.7 Å². The molecule has 3 fully saturated rings. The highest BCUT2D eigenvalue weighted by atomic mass is 31.2. The summed E-state index contributed by atoms with van der Waals surface area (Å²) >= 11 is 0. The number of fused-ring (bicyclic) bond motifs is 5. The maximum absolute atomic E-state index is 13.2. The van der Waals surface area contributed by atoms with Crippen LogP contribution in [0.3, 0.4) is 0 Å². The van der Waals surface area contributed by atoms with Crippen LogP contribution in [-0.2, 0) is 23.1 Å². The highest BCUT2D eigenvalue weighted by Gasteiger charge is 2.51. The first-order chi connectivity index (χ1) is 20.5. The fraction of sp³-hybridized carbons (Fsp3) is 0.545. The second-order valence-electron chi connectivity index (χ2n) is 10.6. The monoisotopic (exact) mass is 621 g/mol. The number of phosphoric acid groups is 1. The molecule has 1 unspecified atom stereocenters. The van der Waals surface area contributed by atoms with Gasteiger partial charge in [0, 0.05) is 5.92 Å². The lowest BCUT2D eigenvalue weighted by Gasteiger charge is -2.26. The molecule has 4 aromatic heterocycles. The second-order valence-corrected chi connectivity index (χ2v) is 12.0. The zero-order chi connectivity index (χ0) is 30.2. The molecule has 9 atom stereocenters. The topological polar surface area (TPSA) is 300 Å². The number of anilines is 3. The summed E-state index contributed by atoms with van der Waals surface area (Å²) in [6, 6.07) is 0. The first kappa shape index (κ1) is 28.0. The van der Waals surface area contributed by atoms with Gasteiger partial charge >= 0.3 is 7.82 Å². The van der Waals surface area contributed by atoms with Gasteiger partial charge in [-0.25, -0.2) is 14.5 Å². The van der Waals surface area contributed by atoms with Crippen molar-refractivity contribution < 1.29 is 38.2 Å². The first-order valence-corrected chi connectivity index (χ1v) is 14.8. The number of phosphoric ester groups is 1. The number of imidazole rings is 2. The number of aromatic nitrogens is 8. The lowest BCUT2D eigenvalue weighted by Crippen LogP contribution is -2.35. The van der Waals surface area contributed by atoms with Crippen molar-refractivity contribution >= 4 is 47.9 Å². The molecule has 230 valence electrons. The zero-order valence-electron chi connectivity index (χ0n) is 22.2. The predicted molar refractivity (Wildman–Crippen MR) is 145 cm³/mol. The molecule has 10 N–H and O–H groups in total. The van der Waals surface area contributed by atoms with Crippen LogP contribution in [0.5, 0.6) is 0 Å². The highest BCUT2D eigenvalue weighted by Crippen LogP contribution is 2.51. The van der Waals surface area contributed by atoms with Crippen LogP contribution >= 0.6 is 7.82 Å². The van der Waals surface area contributed by atoms with Crippen LogP contribution in [0.4, 0.5) is 17.7 Å². The number of hydrogen-bond acceptors (Lipinski definition) is 16. The van der Waals surface area contributed by atoms with Crippen molar-refractivity contribution in [1.29, 1.82) is 0 Å². The standard InChI is InChI=1S/C22H28N11O9P/c23-15-10-16(29-21(24)28-15)32(5-26-10)19-12(34)7-2-1-3-8-13(35)14(42-43(37,38)39-4-9(7)41-19)20(40-8)33-6-27-11-17(33)30-22(25)31-18(11)36/h5-9,12-14,19-20,34-35H,1-4H2,(H,37,38)(H4,23,24,28,29)(H3,25,30,31,36)/t7-,8-,9-,12-,13-,14-,19-,20-/m1/s1. The minimum Gasteiger partial charge on any atom is -0.388 e. The Labute approximate surface area is 240 Å². The van der Waals surface area contributed by atoms with Gasteiger partial charge in [0.1, 0.15) is 23.8 Å². The molecule has 4 aromatic rings. The molecule has 0 spiro atoms. The Balaban J connectivity index is 1.17. The summed E-state index contributed by atoms with van der Waals surface area (Å²) in [5.74, 6) is -0.780. The number of nitrogens with one attached hydrogen (secondary N) is 1. The summed E-state index contributed by atoms with van der Waals surface area (Å²) in [6.07, 6.45) is -4.06. The average Bonchev–Trinajstić information content (AvgIpc) is 3.69. The van der Waals surface area contributed by atoms with Crippen molar-refractivity contribution in [2.75, 3.05) is 23.8 Å². The van der Waals surface area contributed by atoms with Gasteiger partial charge in [0.05, 0.1) is 31.5 Å². The van der Waals surface area contributed by atoms with Crippen molar-refractivity contribution in [2.45, 2.75) is 62.2 Å². The molecule has 0 aliphatic carbocycles. The van der Waals surface area contributed by atoms with Gasteiger partial charge < -0.3 is 41.8 Å². The Morgan fingerprint density at radius 2 is 1.63 bits per heavy atom. The summed E-state index contributed by atoms with van der Waals surface area (Å²) < 4.78 is 38.9. The molecule has 3 aliphatic rings. The van der Waals surface area contributed by atoms with Crippen LogP contribution in [0.15, 0.2) is 17.4 Å². The van der Waals surface area contributed by atoms with E-state index in [4.69, 9.17) is 35.7 Å². The number of H-pyrrole nitrogens is 1. The molecule has 3 aliphatic heterocycles. The van der Waals surface area contributed by atoms with Crippen LogP contribution in [-0.4, -0.2) is 91.3 Å². The number of aromatic amines is 1. The van der Waals surface area contributed by atoms with Gasteiger partial charge in [-0.15, -0.1) is 0 Å². The quantitative estimate of drug-likeness (QED) is 0.126. The molecule has 7 rings (SSSR count). The highest BCUT2D eigenvalue weighted by molar-refractivity contribution is 7.47. The Hall–Kier alpha value is -3.75. The number of nitrogens with two attached hydrogens (primary N) is 3. The van der Waals surface area contributed by atoms with Crippen molar-refractivity contribution in [3.8, 4) is 0 Å². The maximum atomic E-state index is 13.2. The molecule has 43 heavy (non-hydrogen) atoms. The largest absolute Gasteiger partial charge is 0.472 e. The summed E-state index contributed by atoms with van der Waals surface area (Å²) in [4.78, 5) is 45.8. The lowest BCUT2D eigenvalue weighted by atomic mass is 9.91. The number of nitrogens with zero attached hydrogens (tertiary/aromatic N) is 7. The molecule has 3 saturated heterocycles. The van der Waals surface area contributed by atoms with Gasteiger partial charge in [-0.2, -0.15) is 15.0 Å². The van der Waals surface area contributed by atoms with E-state index >= 15 is 0 Å². The Morgan fingerprint density at radius 3 is 2.42 bits per heavy atom. The van der Waals surface area contributed by atoms with E-state index in [1.54, 1.807) is 0 Å². The fourth-order valence-corrected chi connectivity index (χ4v) is 6.95. The van der Waals surface area contributed by atoms with Gasteiger partial charge in [0.15, 0.2) is 35.1 Å². The van der Waals surface area contributed by atoms with Gasteiger partial charge in [0.25, 0.3) is 5.56 Å². The fourth-order valence-electron chi connectivity index (χ4n) is 6.01. The van der Waals surface area contributed by atoms with Crippen molar-refractivity contribution in [1.82, 2.24) is 39.0 Å². The minimum atomic E-state index is -4.86. The zero-order valence-corrected chi connectivity index (χ0v) is 23.1. The molecule has 0 amide bonds. The van der Waals surface area contributed by atoms with E-state index in [0.29, 0.717) is 12.8 Å². The number of aliphatic hydroxyl groups is 2. The third-order valence-corrected chi connectivity index (χ3v) is 8.97. The van der Waals surface area contributed by atoms with Gasteiger partial charge in [-0.1, -0.05) is 6.42 Å². The molecule has 2 bridgehead atoms. The summed E-state index contributed by atoms with van der Waals surface area (Å²) in [5, 5.41) is 22.5. The van der Waals surface area contributed by atoms with E-state index in [1.807, 2.05) is 0 Å². The number of aliphatic hydroxyl groups excluding tert-OH is 2. The molecular formula is C22H28N11O9P. The van der Waals surface area contributed by atoms with E-state index in [-0.39, 0.29) is 46.5 Å². The van der Waals surface area contributed by atoms with Crippen molar-refractivity contribution in [3.05, 3.63) is 23.0 Å².